The van der Waals surface area contributed by atoms with Crippen molar-refractivity contribution in [3.05, 3.63) is 87.2 Å². The Morgan fingerprint density at radius 2 is 1.91 bits per heavy atom. The topological polar surface area (TPSA) is 133 Å². The fourth-order valence-corrected chi connectivity index (χ4v) is 6.10. The van der Waals surface area contributed by atoms with E-state index in [0.29, 0.717) is 29.2 Å². The lowest BCUT2D eigenvalue weighted by Crippen LogP contribution is -2.27. The lowest BCUT2D eigenvalue weighted by molar-refractivity contribution is -0.141. The molecule has 2 N–H and O–H groups in total. The number of nitrogens with one attached hydrogen (secondary N) is 2. The monoisotopic (exact) mass is 624 g/mol. The summed E-state index contributed by atoms with van der Waals surface area (Å²) in [6.07, 6.45) is -3.30. The third-order valence-electron chi connectivity index (χ3n) is 7.97. The van der Waals surface area contributed by atoms with Gasteiger partial charge in [-0.15, -0.1) is 5.10 Å². The summed E-state index contributed by atoms with van der Waals surface area (Å²) in [5, 5.41) is 9.79. The molecule has 3 atom stereocenters. The predicted molar refractivity (Wildman–Crippen MR) is 146 cm³/mol. The summed E-state index contributed by atoms with van der Waals surface area (Å²) in [4.78, 5) is 37.0. The zero-order chi connectivity index (χ0) is 30.5. The highest BCUT2D eigenvalue weighted by Gasteiger charge is 2.56. The molecule has 3 unspecified atom stereocenters. The number of aromatic nitrogens is 7. The predicted octanol–water partition coefficient (Wildman–Crippen LogP) is 4.73. The highest BCUT2D eigenvalue weighted by atomic mass is 35.5. The SMILES string of the molecule is O=C1COc2cc(-c3nc(F)c(C4C5CC5c5nc(-c6cc(Cl)ccc6-n6cc(C(F)(F)F)nn6)cc(=O)n54)[nH]3)ccc2N1. The molecule has 3 aliphatic rings. The van der Waals surface area contributed by atoms with Crippen LogP contribution in [-0.4, -0.2) is 47.0 Å². The van der Waals surface area contributed by atoms with Crippen LogP contribution in [0.5, 0.6) is 5.75 Å². The first-order valence-corrected chi connectivity index (χ1v) is 13.7. The summed E-state index contributed by atoms with van der Waals surface area (Å²) < 4.78 is 62.8. The third kappa shape index (κ3) is 4.17. The van der Waals surface area contributed by atoms with Crippen LogP contribution in [0.2, 0.25) is 5.02 Å². The van der Waals surface area contributed by atoms with Crippen LogP contribution in [0.25, 0.3) is 28.3 Å². The normalized spacial score (nSPS) is 20.0. The van der Waals surface area contributed by atoms with Crippen LogP contribution >= 0.6 is 11.6 Å². The van der Waals surface area contributed by atoms with Crippen LogP contribution < -0.4 is 15.6 Å². The molecule has 1 fully saturated rings. The van der Waals surface area contributed by atoms with Crippen molar-refractivity contribution < 1.29 is 27.1 Å². The molecule has 16 heteroatoms. The molecule has 1 aliphatic carbocycles. The number of rotatable bonds is 4. The molecule has 8 rings (SSSR count). The number of aromatic amines is 1. The summed E-state index contributed by atoms with van der Waals surface area (Å²) in [6, 6.07) is 9.89. The summed E-state index contributed by atoms with van der Waals surface area (Å²) in [7, 11) is 0. The number of alkyl halides is 3. The van der Waals surface area contributed by atoms with E-state index >= 15 is 4.39 Å². The van der Waals surface area contributed by atoms with E-state index in [0.717, 1.165) is 10.9 Å². The van der Waals surface area contributed by atoms with Crippen LogP contribution in [0, 0.1) is 11.9 Å². The number of nitrogens with zero attached hydrogens (tertiary/aromatic N) is 6. The molecule has 0 bridgehead atoms. The molecule has 1 saturated carbocycles. The number of carbonyl (C=O) groups is 1. The lowest BCUT2D eigenvalue weighted by Gasteiger charge is -2.18. The zero-order valence-corrected chi connectivity index (χ0v) is 22.8. The fraction of sp³-hybridized carbons (Fsp3) is 0.214. The average molecular weight is 625 g/mol. The molecule has 11 nitrogen and oxygen atoms in total. The maximum atomic E-state index is 15.4. The minimum Gasteiger partial charge on any atom is -0.482 e. The van der Waals surface area contributed by atoms with E-state index in [1.54, 1.807) is 18.2 Å². The van der Waals surface area contributed by atoms with E-state index in [4.69, 9.17) is 21.3 Å². The third-order valence-corrected chi connectivity index (χ3v) is 8.20. The number of hydrogen-bond acceptors (Lipinski definition) is 7. The second-order valence-electron chi connectivity index (χ2n) is 10.7. The Morgan fingerprint density at radius 3 is 2.70 bits per heavy atom. The van der Waals surface area contributed by atoms with Crippen molar-refractivity contribution in [3.8, 4) is 34.1 Å². The number of H-pyrrole nitrogens is 1. The van der Waals surface area contributed by atoms with Gasteiger partial charge in [0.15, 0.2) is 12.3 Å². The minimum absolute atomic E-state index is 0.112. The van der Waals surface area contributed by atoms with Gasteiger partial charge in [-0.3, -0.25) is 14.2 Å². The van der Waals surface area contributed by atoms with Gasteiger partial charge in [-0.25, -0.2) is 14.6 Å². The van der Waals surface area contributed by atoms with E-state index in [9.17, 15) is 22.8 Å². The lowest BCUT2D eigenvalue weighted by atomic mass is 10.1. The standard InChI is InChI=1S/C28H17ClF4N8O3/c29-12-2-4-18(40-9-20(38-39-40)28(31,32)33)15(6-12)17-8-22(43)41-24(13-7-14(13)27(41)35-17)23-25(30)37-26(36-23)11-1-3-16-19(5-11)44-10-21(42)34-16/h1-6,8-9,13-14,24H,7,10H2,(H,34,42)(H,36,37). The Bertz CT molecular complexity index is 2090. The Hall–Kier alpha value is -5.05. The molecule has 44 heavy (non-hydrogen) atoms. The highest BCUT2D eigenvalue weighted by Crippen LogP contribution is 2.60. The second kappa shape index (κ2) is 9.22. The van der Waals surface area contributed by atoms with Gasteiger partial charge >= 0.3 is 6.18 Å². The number of fused-ring (bicyclic) bond motifs is 4. The summed E-state index contributed by atoms with van der Waals surface area (Å²) >= 11 is 6.23. The van der Waals surface area contributed by atoms with Gasteiger partial charge in [0.05, 0.1) is 35.0 Å². The highest BCUT2D eigenvalue weighted by molar-refractivity contribution is 6.31. The van der Waals surface area contributed by atoms with Gasteiger partial charge in [0.2, 0.25) is 5.95 Å². The molecular weight excluding hydrogens is 608 g/mol. The number of anilines is 1. The number of amides is 1. The van der Waals surface area contributed by atoms with E-state index < -0.39 is 29.4 Å². The molecule has 2 aliphatic heterocycles. The van der Waals surface area contributed by atoms with Crippen molar-refractivity contribution in [3.63, 3.8) is 0 Å². The van der Waals surface area contributed by atoms with Gasteiger partial charge in [0.25, 0.3) is 11.5 Å². The van der Waals surface area contributed by atoms with Crippen molar-refractivity contribution in [2.24, 2.45) is 5.92 Å². The molecule has 1 amide bonds. The molecule has 222 valence electrons. The van der Waals surface area contributed by atoms with E-state index in [1.807, 2.05) is 0 Å². The van der Waals surface area contributed by atoms with Gasteiger partial charge < -0.3 is 15.0 Å². The van der Waals surface area contributed by atoms with Crippen LogP contribution in [0.4, 0.5) is 23.2 Å². The van der Waals surface area contributed by atoms with Gasteiger partial charge in [-0.2, -0.15) is 17.6 Å². The first kappa shape index (κ1) is 26.6. The number of hydrogen-bond donors (Lipinski definition) is 2. The number of ether oxygens (including phenoxy) is 1. The Balaban J connectivity index is 1.17. The van der Waals surface area contributed by atoms with Gasteiger partial charge in [0, 0.05) is 28.1 Å². The maximum absolute atomic E-state index is 15.4. The summed E-state index contributed by atoms with van der Waals surface area (Å²) in [5.74, 6) is -0.226. The smallest absolute Gasteiger partial charge is 0.436 e. The Labute approximate surface area is 248 Å². The van der Waals surface area contributed by atoms with Crippen molar-refractivity contribution in [2.45, 2.75) is 24.6 Å². The number of halogens is 5. The van der Waals surface area contributed by atoms with Gasteiger partial charge in [-0.1, -0.05) is 16.8 Å². The van der Waals surface area contributed by atoms with Crippen LogP contribution in [0.3, 0.4) is 0 Å². The Kier molecular flexibility index (Phi) is 5.57. The number of imidazole rings is 1. The Morgan fingerprint density at radius 1 is 1.07 bits per heavy atom. The maximum Gasteiger partial charge on any atom is 0.436 e. The first-order chi connectivity index (χ1) is 21.0. The molecule has 5 aromatic rings. The van der Waals surface area contributed by atoms with Crippen LogP contribution in [-0.2, 0) is 11.0 Å². The summed E-state index contributed by atoms with van der Waals surface area (Å²) in [6.45, 7) is -0.141. The molecule has 3 aromatic heterocycles. The van der Waals surface area contributed by atoms with Gasteiger partial charge in [-0.05, 0) is 48.7 Å². The number of benzene rings is 2. The van der Waals surface area contributed by atoms with Crippen molar-refractivity contribution >= 4 is 23.2 Å². The van der Waals surface area contributed by atoms with Crippen molar-refractivity contribution in [1.82, 2.24) is 34.5 Å². The molecule has 2 aromatic carbocycles. The summed E-state index contributed by atoms with van der Waals surface area (Å²) in [5.41, 5.74) is 0.125. The van der Waals surface area contributed by atoms with Gasteiger partial charge in [0.1, 0.15) is 17.4 Å². The zero-order valence-electron chi connectivity index (χ0n) is 22.1. The molecular formula is C28H17ClF4N8O3. The van der Waals surface area contributed by atoms with E-state index in [1.165, 1.54) is 28.8 Å². The number of carbonyl (C=O) groups excluding carboxylic acids is 1. The second-order valence-corrected chi connectivity index (χ2v) is 11.1. The molecule has 0 saturated heterocycles. The molecule has 0 radical (unpaired) electrons. The van der Waals surface area contributed by atoms with Crippen molar-refractivity contribution in [2.75, 3.05) is 11.9 Å². The minimum atomic E-state index is -4.70. The van der Waals surface area contributed by atoms with Crippen molar-refractivity contribution in [1.29, 1.82) is 0 Å². The largest absolute Gasteiger partial charge is 0.482 e. The van der Waals surface area contributed by atoms with E-state index in [2.05, 4.69) is 25.6 Å². The van der Waals surface area contributed by atoms with Crippen LogP contribution in [0.1, 0.15) is 35.6 Å². The van der Waals surface area contributed by atoms with Crippen LogP contribution in [0.15, 0.2) is 53.5 Å². The quantitative estimate of drug-likeness (QED) is 0.276. The fourth-order valence-electron chi connectivity index (χ4n) is 5.93. The molecule has 5 heterocycles. The van der Waals surface area contributed by atoms with E-state index in [-0.39, 0.29) is 57.8 Å². The molecule has 0 spiro atoms. The first-order valence-electron chi connectivity index (χ1n) is 13.3. The average Bonchev–Trinajstić information content (AvgIpc) is 3.28.